The summed E-state index contributed by atoms with van der Waals surface area (Å²) < 4.78 is 32.3. The van der Waals surface area contributed by atoms with E-state index in [0.29, 0.717) is 31.0 Å². The Morgan fingerprint density at radius 2 is 1.94 bits per heavy atom. The highest BCUT2D eigenvalue weighted by Crippen LogP contribution is 2.25. The first-order valence-electron chi connectivity index (χ1n) is 9.97. The Labute approximate surface area is 181 Å². The minimum absolute atomic E-state index is 0.0643. The molecule has 0 radical (unpaired) electrons. The predicted molar refractivity (Wildman–Crippen MR) is 115 cm³/mol. The average Bonchev–Trinajstić information content (AvgIpc) is 2.79. The van der Waals surface area contributed by atoms with Crippen LogP contribution in [0, 0.1) is 5.92 Å². The van der Waals surface area contributed by atoms with Crippen LogP contribution < -0.4 is 15.4 Å². The van der Waals surface area contributed by atoms with E-state index in [1.54, 1.807) is 43.5 Å². The fraction of sp³-hybridized carbons (Fsp3) is 0.381. The van der Waals surface area contributed by atoms with E-state index in [1.165, 1.54) is 23.5 Å². The molecule has 2 amide bonds. The number of carbonyl (C=O) groups excluding carboxylic acids is 2. The number of sulfonamides is 1. The van der Waals surface area contributed by atoms with Gasteiger partial charge in [-0.2, -0.15) is 4.31 Å². The Morgan fingerprint density at radius 1 is 1.19 bits per heavy atom. The minimum atomic E-state index is -3.73. The van der Waals surface area contributed by atoms with E-state index >= 15 is 0 Å². The Morgan fingerprint density at radius 3 is 2.58 bits per heavy atom. The second-order valence-corrected chi connectivity index (χ2v) is 9.25. The number of pyridine rings is 1. The van der Waals surface area contributed by atoms with Crippen LogP contribution >= 0.6 is 0 Å². The third kappa shape index (κ3) is 5.59. The van der Waals surface area contributed by atoms with Gasteiger partial charge in [0.05, 0.1) is 17.9 Å². The van der Waals surface area contributed by atoms with E-state index in [-0.39, 0.29) is 17.3 Å². The zero-order chi connectivity index (χ0) is 22.4. The molecule has 10 heteroatoms. The fourth-order valence-corrected chi connectivity index (χ4v) is 4.86. The lowest BCUT2D eigenvalue weighted by molar-refractivity contribution is -0.129. The standard InChI is InChI=1S/C21H26N4O5S/c1-15(20(26)24-19-7-3-4-12-22-19)23-21(27)16-6-5-13-25(14-16)31(28,29)18-10-8-17(30-2)9-11-18/h3-4,7-12,15-16H,5-6,13-14H2,1-2H3,(H,23,27)(H,22,24,26)/t15-,16-/m0/s1. The Hall–Kier alpha value is -2.98. The van der Waals surface area contributed by atoms with Crippen molar-refractivity contribution >= 4 is 27.7 Å². The molecule has 2 N–H and O–H groups in total. The topological polar surface area (TPSA) is 118 Å². The van der Waals surface area contributed by atoms with E-state index in [1.807, 2.05) is 0 Å². The van der Waals surface area contributed by atoms with Crippen molar-refractivity contribution in [3.05, 3.63) is 48.7 Å². The fourth-order valence-electron chi connectivity index (χ4n) is 3.34. The van der Waals surface area contributed by atoms with Crippen LogP contribution in [0.2, 0.25) is 0 Å². The van der Waals surface area contributed by atoms with Crippen molar-refractivity contribution < 1.29 is 22.7 Å². The first kappa shape index (κ1) is 22.7. The summed E-state index contributed by atoms with van der Waals surface area (Å²) in [6.45, 7) is 1.98. The van der Waals surface area contributed by atoms with E-state index in [2.05, 4.69) is 15.6 Å². The minimum Gasteiger partial charge on any atom is -0.497 e. The van der Waals surface area contributed by atoms with Crippen molar-refractivity contribution in [3.63, 3.8) is 0 Å². The number of aromatic nitrogens is 1. The number of piperidine rings is 1. The number of hydrogen-bond donors (Lipinski definition) is 2. The molecule has 1 fully saturated rings. The maximum absolute atomic E-state index is 13.0. The molecule has 2 atom stereocenters. The van der Waals surface area contributed by atoms with Crippen LogP contribution in [0.1, 0.15) is 19.8 Å². The lowest BCUT2D eigenvalue weighted by Gasteiger charge is -2.31. The third-order valence-electron chi connectivity index (χ3n) is 5.12. The van der Waals surface area contributed by atoms with Crippen LogP contribution in [0.3, 0.4) is 0 Å². The Bertz CT molecular complexity index is 1010. The average molecular weight is 447 g/mol. The zero-order valence-corrected chi connectivity index (χ0v) is 18.3. The third-order valence-corrected chi connectivity index (χ3v) is 7.00. The van der Waals surface area contributed by atoms with E-state index in [9.17, 15) is 18.0 Å². The summed E-state index contributed by atoms with van der Waals surface area (Å²) in [5.41, 5.74) is 0. The summed E-state index contributed by atoms with van der Waals surface area (Å²) >= 11 is 0. The van der Waals surface area contributed by atoms with E-state index in [0.717, 1.165) is 0 Å². The molecular formula is C21H26N4O5S. The van der Waals surface area contributed by atoms with Crippen molar-refractivity contribution in [1.82, 2.24) is 14.6 Å². The van der Waals surface area contributed by atoms with Gasteiger partial charge in [-0.1, -0.05) is 6.07 Å². The highest BCUT2D eigenvalue weighted by Gasteiger charge is 2.34. The van der Waals surface area contributed by atoms with Crippen LogP contribution in [0.4, 0.5) is 5.82 Å². The van der Waals surface area contributed by atoms with Gasteiger partial charge in [-0.3, -0.25) is 9.59 Å². The summed E-state index contributed by atoms with van der Waals surface area (Å²) in [6.07, 6.45) is 2.66. The molecule has 3 rings (SSSR count). The number of benzene rings is 1. The molecule has 1 saturated heterocycles. The maximum atomic E-state index is 13.0. The van der Waals surface area contributed by atoms with Gasteiger partial charge in [0.2, 0.25) is 21.8 Å². The number of methoxy groups -OCH3 is 1. The van der Waals surface area contributed by atoms with Gasteiger partial charge in [-0.05, 0) is 56.2 Å². The van der Waals surface area contributed by atoms with Gasteiger partial charge in [-0.15, -0.1) is 0 Å². The number of rotatable bonds is 7. The number of nitrogens with one attached hydrogen (secondary N) is 2. The second kappa shape index (κ2) is 9.88. The number of anilines is 1. The van der Waals surface area contributed by atoms with Gasteiger partial charge < -0.3 is 15.4 Å². The SMILES string of the molecule is COc1ccc(S(=O)(=O)N2CCC[C@H](C(=O)N[C@@H](C)C(=O)Nc3ccccn3)C2)cc1. The zero-order valence-electron chi connectivity index (χ0n) is 17.4. The lowest BCUT2D eigenvalue weighted by Crippen LogP contribution is -2.49. The molecule has 1 aromatic heterocycles. The van der Waals surface area contributed by atoms with Crippen LogP contribution in [0.25, 0.3) is 0 Å². The molecule has 2 aromatic rings. The molecule has 0 spiro atoms. The smallest absolute Gasteiger partial charge is 0.247 e. The van der Waals surface area contributed by atoms with Crippen molar-refractivity contribution in [3.8, 4) is 5.75 Å². The molecule has 166 valence electrons. The molecule has 2 heterocycles. The molecule has 0 bridgehead atoms. The normalized spacial score (nSPS) is 18.1. The molecule has 31 heavy (non-hydrogen) atoms. The number of nitrogens with zero attached hydrogens (tertiary/aromatic N) is 2. The summed E-state index contributed by atoms with van der Waals surface area (Å²) in [5.74, 6) is -0.327. The molecular weight excluding hydrogens is 420 g/mol. The molecule has 1 aliphatic rings. The van der Waals surface area contributed by atoms with Gasteiger partial charge in [-0.25, -0.2) is 13.4 Å². The molecule has 0 aliphatic carbocycles. The van der Waals surface area contributed by atoms with Crippen molar-refractivity contribution in [1.29, 1.82) is 0 Å². The van der Waals surface area contributed by atoms with E-state index < -0.39 is 27.9 Å². The Balaban J connectivity index is 1.61. The number of hydrogen-bond acceptors (Lipinski definition) is 6. The predicted octanol–water partition coefficient (Wildman–Crippen LogP) is 1.63. The van der Waals surface area contributed by atoms with Gasteiger partial charge in [0.15, 0.2) is 0 Å². The van der Waals surface area contributed by atoms with Crippen molar-refractivity contribution in [2.75, 3.05) is 25.5 Å². The van der Waals surface area contributed by atoms with Gasteiger partial charge >= 0.3 is 0 Å². The molecule has 9 nitrogen and oxygen atoms in total. The highest BCUT2D eigenvalue weighted by atomic mass is 32.2. The summed E-state index contributed by atoms with van der Waals surface area (Å²) in [5, 5.41) is 5.31. The van der Waals surface area contributed by atoms with Gasteiger partial charge in [0.25, 0.3) is 0 Å². The number of carbonyl (C=O) groups is 2. The Kier molecular flexibility index (Phi) is 7.24. The number of amides is 2. The molecule has 0 saturated carbocycles. The molecule has 1 aromatic carbocycles. The first-order valence-corrected chi connectivity index (χ1v) is 11.4. The largest absolute Gasteiger partial charge is 0.497 e. The molecule has 0 unspecified atom stereocenters. The van der Waals surface area contributed by atoms with Crippen molar-refractivity contribution in [2.24, 2.45) is 5.92 Å². The molecule has 1 aliphatic heterocycles. The number of ether oxygens (including phenoxy) is 1. The van der Waals surface area contributed by atoms with Gasteiger partial charge in [0, 0.05) is 19.3 Å². The summed E-state index contributed by atoms with van der Waals surface area (Å²) in [7, 11) is -2.22. The van der Waals surface area contributed by atoms with Crippen LogP contribution in [0.15, 0.2) is 53.6 Å². The summed E-state index contributed by atoms with van der Waals surface area (Å²) in [4.78, 5) is 29.2. The van der Waals surface area contributed by atoms with Crippen LogP contribution in [-0.4, -0.2) is 55.8 Å². The quantitative estimate of drug-likeness (QED) is 0.668. The van der Waals surface area contributed by atoms with Crippen LogP contribution in [0.5, 0.6) is 5.75 Å². The second-order valence-electron chi connectivity index (χ2n) is 7.31. The lowest BCUT2D eigenvalue weighted by atomic mass is 9.98. The summed E-state index contributed by atoms with van der Waals surface area (Å²) in [6, 6.07) is 10.5. The maximum Gasteiger partial charge on any atom is 0.247 e. The van der Waals surface area contributed by atoms with Gasteiger partial charge in [0.1, 0.15) is 17.6 Å². The van der Waals surface area contributed by atoms with Crippen LogP contribution in [-0.2, 0) is 19.6 Å². The van der Waals surface area contributed by atoms with Crippen molar-refractivity contribution in [2.45, 2.75) is 30.7 Å². The highest BCUT2D eigenvalue weighted by molar-refractivity contribution is 7.89. The van der Waals surface area contributed by atoms with E-state index in [4.69, 9.17) is 4.74 Å². The monoisotopic (exact) mass is 446 g/mol. The first-order chi connectivity index (χ1) is 14.8.